The Kier molecular flexibility index (Phi) is 1.80. The lowest BCUT2D eigenvalue weighted by Crippen LogP contribution is -2.38. The van der Waals surface area contributed by atoms with Crippen LogP contribution in [0.5, 0.6) is 0 Å². The van der Waals surface area contributed by atoms with Crippen LogP contribution in [0.2, 0.25) is 0 Å². The van der Waals surface area contributed by atoms with Gasteiger partial charge in [0.05, 0.1) is 5.57 Å². The Balaban J connectivity index is 2.41. The SMILES string of the molecule is O=C1NS(=O)(=O)OC2=C1CCCC2. The summed E-state index contributed by atoms with van der Waals surface area (Å²) in [5.74, 6) is -0.198. The van der Waals surface area contributed by atoms with Crippen LogP contribution in [-0.2, 0) is 19.3 Å². The van der Waals surface area contributed by atoms with E-state index in [0.717, 1.165) is 12.8 Å². The monoisotopic (exact) mass is 203 g/mol. The molecular formula is C7H9NO4S. The van der Waals surface area contributed by atoms with Gasteiger partial charge in [0.15, 0.2) is 0 Å². The van der Waals surface area contributed by atoms with Gasteiger partial charge in [0.1, 0.15) is 5.76 Å². The van der Waals surface area contributed by atoms with Crippen molar-refractivity contribution in [3.05, 3.63) is 11.3 Å². The topological polar surface area (TPSA) is 72.5 Å². The molecule has 1 amide bonds. The van der Waals surface area contributed by atoms with Crippen molar-refractivity contribution in [1.82, 2.24) is 4.72 Å². The minimum atomic E-state index is -3.86. The van der Waals surface area contributed by atoms with E-state index < -0.39 is 16.2 Å². The van der Waals surface area contributed by atoms with Crippen LogP contribution in [-0.4, -0.2) is 14.3 Å². The summed E-state index contributed by atoms with van der Waals surface area (Å²) in [6.45, 7) is 0. The van der Waals surface area contributed by atoms with Gasteiger partial charge in [0.2, 0.25) is 0 Å². The van der Waals surface area contributed by atoms with Crippen LogP contribution in [0.25, 0.3) is 0 Å². The average molecular weight is 203 g/mol. The van der Waals surface area contributed by atoms with Crippen LogP contribution >= 0.6 is 0 Å². The Morgan fingerprint density at radius 2 is 1.92 bits per heavy atom. The van der Waals surface area contributed by atoms with Crippen molar-refractivity contribution in [3.63, 3.8) is 0 Å². The first kappa shape index (κ1) is 8.55. The number of carbonyl (C=O) groups excluding carboxylic acids is 1. The number of hydrogen-bond acceptors (Lipinski definition) is 4. The van der Waals surface area contributed by atoms with Crippen LogP contribution < -0.4 is 4.72 Å². The number of carbonyl (C=O) groups is 1. The van der Waals surface area contributed by atoms with Crippen LogP contribution in [0.15, 0.2) is 11.3 Å². The Morgan fingerprint density at radius 1 is 1.23 bits per heavy atom. The van der Waals surface area contributed by atoms with Crippen molar-refractivity contribution in [1.29, 1.82) is 0 Å². The summed E-state index contributed by atoms with van der Waals surface area (Å²) in [4.78, 5) is 11.2. The van der Waals surface area contributed by atoms with Gasteiger partial charge in [-0.2, -0.15) is 8.42 Å². The van der Waals surface area contributed by atoms with Gasteiger partial charge >= 0.3 is 10.3 Å². The standard InChI is InChI=1S/C7H9NO4S/c9-7-5-3-1-2-4-6(5)12-13(10,11)8-7/h1-4H2,(H,8,9). The Bertz CT molecular complexity index is 381. The molecule has 0 bridgehead atoms. The van der Waals surface area contributed by atoms with Gasteiger partial charge < -0.3 is 4.18 Å². The van der Waals surface area contributed by atoms with E-state index in [4.69, 9.17) is 0 Å². The molecule has 0 aromatic heterocycles. The Labute approximate surface area is 76.0 Å². The minimum absolute atomic E-state index is 0.329. The van der Waals surface area contributed by atoms with Crippen molar-refractivity contribution in [3.8, 4) is 0 Å². The van der Waals surface area contributed by atoms with E-state index in [1.807, 2.05) is 4.72 Å². The zero-order valence-electron chi connectivity index (χ0n) is 6.87. The number of rotatable bonds is 0. The van der Waals surface area contributed by atoms with E-state index in [0.29, 0.717) is 24.2 Å². The lowest BCUT2D eigenvalue weighted by atomic mass is 9.97. The Morgan fingerprint density at radius 3 is 2.69 bits per heavy atom. The van der Waals surface area contributed by atoms with Gasteiger partial charge in [-0.3, -0.25) is 4.79 Å². The number of amides is 1. The molecule has 0 aromatic rings. The highest BCUT2D eigenvalue weighted by molar-refractivity contribution is 7.85. The highest BCUT2D eigenvalue weighted by atomic mass is 32.2. The molecule has 0 saturated heterocycles. The number of nitrogens with one attached hydrogen (secondary N) is 1. The molecule has 1 heterocycles. The summed E-state index contributed by atoms with van der Waals surface area (Å²) in [5.41, 5.74) is 0.487. The second-order valence-corrected chi connectivity index (χ2v) is 4.36. The summed E-state index contributed by atoms with van der Waals surface area (Å²) in [6.07, 6.45) is 2.94. The fourth-order valence-corrected chi connectivity index (χ4v) is 2.38. The molecule has 13 heavy (non-hydrogen) atoms. The molecule has 6 heteroatoms. The molecule has 2 rings (SSSR count). The minimum Gasteiger partial charge on any atom is -0.371 e. The average Bonchev–Trinajstić information content (AvgIpc) is 2.02. The van der Waals surface area contributed by atoms with Gasteiger partial charge in [-0.05, 0) is 19.3 Å². The first-order valence-corrected chi connectivity index (χ1v) is 5.48. The number of allylic oxidation sites excluding steroid dienone is 1. The molecular weight excluding hydrogens is 194 g/mol. The van der Waals surface area contributed by atoms with Gasteiger partial charge in [-0.25, -0.2) is 4.72 Å². The third-order valence-corrected chi connectivity index (χ3v) is 2.98. The lowest BCUT2D eigenvalue weighted by Gasteiger charge is -2.23. The summed E-state index contributed by atoms with van der Waals surface area (Å²) >= 11 is 0. The van der Waals surface area contributed by atoms with Crippen molar-refractivity contribution in [2.45, 2.75) is 25.7 Å². The van der Waals surface area contributed by atoms with Crippen LogP contribution in [0.3, 0.4) is 0 Å². The van der Waals surface area contributed by atoms with E-state index in [1.165, 1.54) is 0 Å². The third kappa shape index (κ3) is 1.53. The largest absolute Gasteiger partial charge is 0.409 e. The van der Waals surface area contributed by atoms with Crippen LogP contribution in [0.4, 0.5) is 0 Å². The molecule has 1 aliphatic heterocycles. The van der Waals surface area contributed by atoms with Crippen molar-refractivity contribution < 1.29 is 17.4 Å². The molecule has 0 aromatic carbocycles. The van der Waals surface area contributed by atoms with Gasteiger partial charge in [-0.15, -0.1) is 0 Å². The van der Waals surface area contributed by atoms with E-state index in [-0.39, 0.29) is 0 Å². The smallest absolute Gasteiger partial charge is 0.371 e. The molecule has 5 nitrogen and oxygen atoms in total. The summed E-state index contributed by atoms with van der Waals surface area (Å²) in [5, 5.41) is 0. The molecule has 0 fully saturated rings. The van der Waals surface area contributed by atoms with E-state index in [9.17, 15) is 13.2 Å². The maximum Gasteiger partial charge on any atom is 0.409 e. The summed E-state index contributed by atoms with van der Waals surface area (Å²) in [6, 6.07) is 0. The maximum absolute atomic E-state index is 11.2. The first-order valence-electron chi connectivity index (χ1n) is 4.07. The maximum atomic E-state index is 11.2. The van der Waals surface area contributed by atoms with Crippen LogP contribution in [0.1, 0.15) is 25.7 Å². The summed E-state index contributed by atoms with van der Waals surface area (Å²) in [7, 11) is -3.86. The number of hydrogen-bond donors (Lipinski definition) is 1. The molecule has 2 aliphatic rings. The quantitative estimate of drug-likeness (QED) is 0.610. The second kappa shape index (κ2) is 2.73. The predicted octanol–water partition coefficient (Wildman–Crippen LogP) is 0.206. The zero-order chi connectivity index (χ0) is 9.47. The van der Waals surface area contributed by atoms with E-state index >= 15 is 0 Å². The van der Waals surface area contributed by atoms with Crippen molar-refractivity contribution >= 4 is 16.2 Å². The molecule has 0 spiro atoms. The normalized spacial score (nSPS) is 26.0. The van der Waals surface area contributed by atoms with Crippen molar-refractivity contribution in [2.75, 3.05) is 0 Å². The van der Waals surface area contributed by atoms with E-state index in [1.54, 1.807) is 0 Å². The first-order chi connectivity index (χ1) is 6.08. The molecule has 0 radical (unpaired) electrons. The molecule has 0 unspecified atom stereocenters. The van der Waals surface area contributed by atoms with Gasteiger partial charge in [0, 0.05) is 6.42 Å². The predicted molar refractivity (Wildman–Crippen MR) is 43.6 cm³/mol. The second-order valence-electron chi connectivity index (χ2n) is 3.08. The highest BCUT2D eigenvalue weighted by Crippen LogP contribution is 2.29. The molecule has 1 N–H and O–H groups in total. The van der Waals surface area contributed by atoms with Crippen LogP contribution in [0, 0.1) is 0 Å². The molecule has 1 aliphatic carbocycles. The lowest BCUT2D eigenvalue weighted by molar-refractivity contribution is -0.116. The van der Waals surface area contributed by atoms with Gasteiger partial charge in [0.25, 0.3) is 5.91 Å². The van der Waals surface area contributed by atoms with Crippen molar-refractivity contribution in [2.24, 2.45) is 0 Å². The Hall–Kier alpha value is -1.04. The molecule has 0 saturated carbocycles. The fraction of sp³-hybridized carbons (Fsp3) is 0.571. The molecule has 0 atom stereocenters. The van der Waals surface area contributed by atoms with Gasteiger partial charge in [-0.1, -0.05) is 0 Å². The van der Waals surface area contributed by atoms with E-state index in [2.05, 4.69) is 4.18 Å². The molecule has 72 valence electrons. The third-order valence-electron chi connectivity index (χ3n) is 2.12. The zero-order valence-corrected chi connectivity index (χ0v) is 7.69. The summed E-state index contributed by atoms with van der Waals surface area (Å²) < 4.78 is 28.3. The fourth-order valence-electron chi connectivity index (χ4n) is 1.54. The highest BCUT2D eigenvalue weighted by Gasteiger charge is 2.32.